The van der Waals surface area contributed by atoms with E-state index in [1.54, 1.807) is 17.3 Å². The lowest BCUT2D eigenvalue weighted by molar-refractivity contribution is 0.0165. The summed E-state index contributed by atoms with van der Waals surface area (Å²) < 4.78 is 11.3. The number of nitrogens with two attached hydrogens (primary N) is 1. The molecule has 0 spiro atoms. The Labute approximate surface area is 172 Å². The molecule has 156 valence electrons. The summed E-state index contributed by atoms with van der Waals surface area (Å²) in [7, 11) is 0. The van der Waals surface area contributed by atoms with E-state index >= 15 is 0 Å². The van der Waals surface area contributed by atoms with E-state index in [-0.39, 0.29) is 6.09 Å². The van der Waals surface area contributed by atoms with Crippen molar-refractivity contribution in [2.24, 2.45) is 11.7 Å². The second kappa shape index (κ2) is 9.22. The number of carbonyl (C=O) groups excluding carboxylic acids is 1. The average molecular weight is 399 g/mol. The molecule has 1 aliphatic rings. The fourth-order valence-electron chi connectivity index (χ4n) is 3.20. The van der Waals surface area contributed by atoms with Gasteiger partial charge in [0.15, 0.2) is 11.6 Å². The van der Waals surface area contributed by atoms with Gasteiger partial charge in [-0.15, -0.1) is 0 Å². The van der Waals surface area contributed by atoms with Gasteiger partial charge in [0.1, 0.15) is 5.60 Å². The Balaban J connectivity index is 1.47. The number of piperidine rings is 1. The smallest absolute Gasteiger partial charge is 0.410 e. The molecule has 0 aliphatic carbocycles. The third-order valence-corrected chi connectivity index (χ3v) is 4.80. The summed E-state index contributed by atoms with van der Waals surface area (Å²) >= 11 is 0. The molecule has 1 fully saturated rings. The van der Waals surface area contributed by atoms with E-state index in [0.717, 1.165) is 24.0 Å². The molecule has 0 saturated carbocycles. The molecule has 0 atom stereocenters. The monoisotopic (exact) mass is 398 g/mol. The predicted octanol–water partition coefficient (Wildman–Crippen LogP) is 3.63. The Hall–Kier alpha value is -2.67. The lowest BCUT2D eigenvalue weighted by Crippen LogP contribution is -2.42. The van der Waals surface area contributed by atoms with Gasteiger partial charge in [-0.2, -0.15) is 0 Å². The Morgan fingerprint density at radius 1 is 1.21 bits per heavy atom. The maximum absolute atomic E-state index is 12.1. The first-order valence-corrected chi connectivity index (χ1v) is 10.1. The molecule has 2 N–H and O–H groups in total. The van der Waals surface area contributed by atoms with Crippen LogP contribution in [0.1, 0.15) is 39.2 Å². The normalized spacial score (nSPS) is 15.2. The van der Waals surface area contributed by atoms with Gasteiger partial charge >= 0.3 is 6.09 Å². The summed E-state index contributed by atoms with van der Waals surface area (Å²) in [6.07, 6.45) is 4.95. The standard InChI is InChI=1S/C22H30N4O3/c1-22(2,3)29-21(27)26-9-7-16(8-10-26)15-28-19-13-24-20(25-14-19)18-6-4-5-17(11-18)12-23/h4-6,11,13-14,16H,7-10,12,15,23H2,1-3H3. The zero-order chi connectivity index (χ0) is 20.9. The average Bonchev–Trinajstić information content (AvgIpc) is 2.72. The minimum absolute atomic E-state index is 0.237. The van der Waals surface area contributed by atoms with E-state index in [2.05, 4.69) is 9.97 Å². The van der Waals surface area contributed by atoms with Gasteiger partial charge in [-0.25, -0.2) is 14.8 Å². The van der Waals surface area contributed by atoms with Gasteiger partial charge in [-0.3, -0.25) is 0 Å². The third-order valence-electron chi connectivity index (χ3n) is 4.80. The van der Waals surface area contributed by atoms with Gasteiger partial charge in [-0.1, -0.05) is 18.2 Å². The van der Waals surface area contributed by atoms with E-state index in [4.69, 9.17) is 15.2 Å². The molecule has 1 aromatic carbocycles. The van der Waals surface area contributed by atoms with Gasteiger partial charge in [0, 0.05) is 25.2 Å². The predicted molar refractivity (Wildman–Crippen MR) is 111 cm³/mol. The molecule has 1 saturated heterocycles. The third kappa shape index (κ3) is 6.15. The van der Waals surface area contributed by atoms with Crippen molar-refractivity contribution in [2.45, 2.75) is 45.8 Å². The highest BCUT2D eigenvalue weighted by Crippen LogP contribution is 2.22. The highest BCUT2D eigenvalue weighted by atomic mass is 16.6. The minimum atomic E-state index is -0.463. The van der Waals surface area contributed by atoms with Crippen molar-refractivity contribution >= 4 is 6.09 Å². The minimum Gasteiger partial charge on any atom is -0.490 e. The van der Waals surface area contributed by atoms with E-state index in [1.165, 1.54) is 0 Å². The number of amides is 1. The molecule has 0 radical (unpaired) electrons. The van der Waals surface area contributed by atoms with Crippen LogP contribution in [0.3, 0.4) is 0 Å². The van der Waals surface area contributed by atoms with Crippen LogP contribution in [0, 0.1) is 5.92 Å². The summed E-state index contributed by atoms with van der Waals surface area (Å²) in [6, 6.07) is 7.89. The summed E-state index contributed by atoms with van der Waals surface area (Å²) in [6.45, 7) is 8.11. The topological polar surface area (TPSA) is 90.6 Å². The molecular formula is C22H30N4O3. The Bertz CT molecular complexity index is 810. The van der Waals surface area contributed by atoms with Crippen molar-refractivity contribution < 1.29 is 14.3 Å². The van der Waals surface area contributed by atoms with Crippen LogP contribution < -0.4 is 10.5 Å². The molecule has 1 aliphatic heterocycles. The highest BCUT2D eigenvalue weighted by molar-refractivity contribution is 5.68. The molecular weight excluding hydrogens is 368 g/mol. The van der Waals surface area contributed by atoms with Crippen LogP contribution in [-0.2, 0) is 11.3 Å². The van der Waals surface area contributed by atoms with Gasteiger partial charge in [0.25, 0.3) is 0 Å². The summed E-state index contributed by atoms with van der Waals surface area (Å²) in [5, 5.41) is 0. The first-order valence-electron chi connectivity index (χ1n) is 10.1. The molecule has 1 aromatic heterocycles. The molecule has 3 rings (SSSR count). The lowest BCUT2D eigenvalue weighted by Gasteiger charge is -2.33. The number of aromatic nitrogens is 2. The van der Waals surface area contributed by atoms with Crippen LogP contribution in [-0.4, -0.2) is 46.3 Å². The maximum atomic E-state index is 12.1. The van der Waals surface area contributed by atoms with Gasteiger partial charge in [-0.05, 0) is 51.2 Å². The molecule has 7 heteroatoms. The molecule has 1 amide bonds. The van der Waals surface area contributed by atoms with Crippen molar-refractivity contribution in [1.29, 1.82) is 0 Å². The Morgan fingerprint density at radius 3 is 2.52 bits per heavy atom. The first-order chi connectivity index (χ1) is 13.8. The van der Waals surface area contributed by atoms with Crippen LogP contribution >= 0.6 is 0 Å². The fourth-order valence-corrected chi connectivity index (χ4v) is 3.20. The number of nitrogens with zero attached hydrogens (tertiary/aromatic N) is 3. The van der Waals surface area contributed by atoms with Crippen LogP contribution in [0.25, 0.3) is 11.4 Å². The van der Waals surface area contributed by atoms with Crippen LogP contribution in [0.4, 0.5) is 4.79 Å². The summed E-state index contributed by atoms with van der Waals surface area (Å²) in [4.78, 5) is 22.7. The van der Waals surface area contributed by atoms with Crippen LogP contribution in [0.15, 0.2) is 36.7 Å². The number of hydrogen-bond donors (Lipinski definition) is 1. The molecule has 0 unspecified atom stereocenters. The summed E-state index contributed by atoms with van der Waals surface area (Å²) in [5.41, 5.74) is 7.21. The highest BCUT2D eigenvalue weighted by Gasteiger charge is 2.27. The number of rotatable bonds is 5. The zero-order valence-electron chi connectivity index (χ0n) is 17.4. The number of carbonyl (C=O) groups is 1. The van der Waals surface area contributed by atoms with Gasteiger partial charge in [0.05, 0.1) is 19.0 Å². The van der Waals surface area contributed by atoms with Crippen LogP contribution in [0.5, 0.6) is 5.75 Å². The zero-order valence-corrected chi connectivity index (χ0v) is 17.4. The van der Waals surface area contributed by atoms with E-state index < -0.39 is 5.60 Å². The number of benzene rings is 1. The van der Waals surface area contributed by atoms with Gasteiger partial charge in [0.2, 0.25) is 0 Å². The SMILES string of the molecule is CC(C)(C)OC(=O)N1CCC(COc2cnc(-c3cccc(CN)c3)nc2)CC1. The van der Waals surface area contributed by atoms with E-state index in [0.29, 0.717) is 43.7 Å². The van der Waals surface area contributed by atoms with Crippen LogP contribution in [0.2, 0.25) is 0 Å². The molecule has 29 heavy (non-hydrogen) atoms. The molecule has 2 aromatic rings. The van der Waals surface area contributed by atoms with Crippen molar-refractivity contribution in [3.8, 4) is 17.1 Å². The van der Waals surface area contributed by atoms with Crippen molar-refractivity contribution in [2.75, 3.05) is 19.7 Å². The number of ether oxygens (including phenoxy) is 2. The Kier molecular flexibility index (Phi) is 6.69. The Morgan fingerprint density at radius 2 is 1.90 bits per heavy atom. The first kappa shape index (κ1) is 21.0. The van der Waals surface area contributed by atoms with Crippen molar-refractivity contribution in [1.82, 2.24) is 14.9 Å². The second-order valence-electron chi connectivity index (χ2n) is 8.37. The fraction of sp³-hybridized carbons (Fsp3) is 0.500. The number of likely N-dealkylation sites (tertiary alicyclic amines) is 1. The van der Waals surface area contributed by atoms with Crippen molar-refractivity contribution in [3.63, 3.8) is 0 Å². The molecule has 7 nitrogen and oxygen atoms in total. The molecule has 0 bridgehead atoms. The lowest BCUT2D eigenvalue weighted by atomic mass is 9.98. The summed E-state index contributed by atoms with van der Waals surface area (Å²) in [5.74, 6) is 1.70. The number of hydrogen-bond acceptors (Lipinski definition) is 6. The maximum Gasteiger partial charge on any atom is 0.410 e. The van der Waals surface area contributed by atoms with Gasteiger partial charge < -0.3 is 20.1 Å². The van der Waals surface area contributed by atoms with E-state index in [1.807, 2.05) is 45.0 Å². The quantitative estimate of drug-likeness (QED) is 0.827. The van der Waals surface area contributed by atoms with Crippen molar-refractivity contribution in [3.05, 3.63) is 42.2 Å². The van der Waals surface area contributed by atoms with E-state index in [9.17, 15) is 4.79 Å². The molecule has 2 heterocycles. The largest absolute Gasteiger partial charge is 0.490 e. The second-order valence-corrected chi connectivity index (χ2v) is 8.37.